The SMILES string of the molecule is Cc1ccc(C)c(Sc2ncccc2C(=O)NCC(=O)NCc2ccco2)c1. The van der Waals surface area contributed by atoms with E-state index in [0.717, 1.165) is 16.0 Å². The fourth-order valence-corrected chi connectivity index (χ4v) is 3.55. The van der Waals surface area contributed by atoms with Gasteiger partial charge in [-0.15, -0.1) is 0 Å². The Morgan fingerprint density at radius 1 is 1.11 bits per heavy atom. The second-order valence-corrected chi connectivity index (χ2v) is 7.30. The smallest absolute Gasteiger partial charge is 0.254 e. The molecule has 1 aromatic carbocycles. The second kappa shape index (κ2) is 9.23. The lowest BCUT2D eigenvalue weighted by molar-refractivity contribution is -0.120. The van der Waals surface area contributed by atoms with E-state index in [1.54, 1.807) is 36.7 Å². The van der Waals surface area contributed by atoms with Crippen LogP contribution >= 0.6 is 11.8 Å². The van der Waals surface area contributed by atoms with Crippen molar-refractivity contribution in [1.29, 1.82) is 0 Å². The number of amides is 2. The van der Waals surface area contributed by atoms with Crippen LogP contribution in [0.2, 0.25) is 0 Å². The van der Waals surface area contributed by atoms with Gasteiger partial charge in [0.2, 0.25) is 5.91 Å². The van der Waals surface area contributed by atoms with Crippen molar-refractivity contribution in [2.75, 3.05) is 6.54 Å². The standard InChI is InChI=1S/C21H21N3O3S/c1-14-7-8-15(2)18(11-14)28-21-17(6-3-9-22-21)20(26)24-13-19(25)23-12-16-5-4-10-27-16/h3-11H,12-13H2,1-2H3,(H,23,25)(H,24,26). The third kappa shape index (κ3) is 5.23. The molecule has 0 aliphatic heterocycles. The fraction of sp³-hybridized carbons (Fsp3) is 0.190. The van der Waals surface area contributed by atoms with E-state index >= 15 is 0 Å². The molecule has 6 nitrogen and oxygen atoms in total. The zero-order chi connectivity index (χ0) is 19.9. The summed E-state index contributed by atoms with van der Waals surface area (Å²) in [6, 6.07) is 13.1. The van der Waals surface area contributed by atoms with Gasteiger partial charge >= 0.3 is 0 Å². The first-order chi connectivity index (χ1) is 13.5. The van der Waals surface area contributed by atoms with Crippen molar-refractivity contribution in [2.24, 2.45) is 0 Å². The third-order valence-electron chi connectivity index (χ3n) is 4.02. The maximum Gasteiger partial charge on any atom is 0.254 e. The van der Waals surface area contributed by atoms with Crippen LogP contribution in [-0.2, 0) is 11.3 Å². The van der Waals surface area contributed by atoms with Gasteiger partial charge in [-0.25, -0.2) is 4.98 Å². The van der Waals surface area contributed by atoms with Gasteiger partial charge in [0.05, 0.1) is 24.9 Å². The molecular weight excluding hydrogens is 374 g/mol. The highest BCUT2D eigenvalue weighted by Crippen LogP contribution is 2.31. The summed E-state index contributed by atoms with van der Waals surface area (Å²) in [6.45, 7) is 4.20. The van der Waals surface area contributed by atoms with Gasteiger partial charge in [0.15, 0.2) is 0 Å². The molecule has 2 N–H and O–H groups in total. The monoisotopic (exact) mass is 395 g/mol. The molecule has 0 saturated carbocycles. The van der Waals surface area contributed by atoms with Crippen LogP contribution in [0.15, 0.2) is 69.3 Å². The zero-order valence-corrected chi connectivity index (χ0v) is 16.5. The molecule has 0 fully saturated rings. The van der Waals surface area contributed by atoms with Gasteiger partial charge in [0, 0.05) is 11.1 Å². The van der Waals surface area contributed by atoms with Gasteiger partial charge < -0.3 is 15.1 Å². The Labute approximate surface area is 167 Å². The number of rotatable bonds is 7. The van der Waals surface area contributed by atoms with E-state index in [-0.39, 0.29) is 24.9 Å². The molecule has 0 unspecified atom stereocenters. The van der Waals surface area contributed by atoms with E-state index in [9.17, 15) is 9.59 Å². The van der Waals surface area contributed by atoms with Gasteiger partial charge in [-0.3, -0.25) is 9.59 Å². The van der Waals surface area contributed by atoms with Crippen molar-refractivity contribution in [3.05, 3.63) is 77.4 Å². The minimum atomic E-state index is -0.339. The van der Waals surface area contributed by atoms with Crippen LogP contribution in [0.4, 0.5) is 0 Å². The van der Waals surface area contributed by atoms with Crippen molar-refractivity contribution in [2.45, 2.75) is 30.3 Å². The maximum absolute atomic E-state index is 12.6. The van der Waals surface area contributed by atoms with E-state index in [4.69, 9.17) is 4.42 Å². The molecule has 0 spiro atoms. The number of aryl methyl sites for hydroxylation is 2. The number of pyridine rings is 1. The molecule has 3 rings (SSSR count). The summed E-state index contributed by atoms with van der Waals surface area (Å²) >= 11 is 1.44. The Balaban J connectivity index is 1.62. The largest absolute Gasteiger partial charge is 0.467 e. The summed E-state index contributed by atoms with van der Waals surface area (Å²) in [5, 5.41) is 5.94. The third-order valence-corrected chi connectivity index (χ3v) is 5.19. The summed E-state index contributed by atoms with van der Waals surface area (Å²) in [5.74, 6) is 0.0190. The highest BCUT2D eigenvalue weighted by atomic mass is 32.2. The first-order valence-corrected chi connectivity index (χ1v) is 9.62. The number of nitrogens with zero attached hydrogens (tertiary/aromatic N) is 1. The van der Waals surface area contributed by atoms with Gasteiger partial charge in [0.1, 0.15) is 10.8 Å². The van der Waals surface area contributed by atoms with Crippen molar-refractivity contribution in [3.8, 4) is 0 Å². The number of benzene rings is 1. The van der Waals surface area contributed by atoms with Crippen LogP contribution in [0.1, 0.15) is 27.2 Å². The predicted molar refractivity (Wildman–Crippen MR) is 107 cm³/mol. The van der Waals surface area contributed by atoms with E-state index in [1.165, 1.54) is 11.8 Å². The van der Waals surface area contributed by atoms with Crippen molar-refractivity contribution >= 4 is 23.6 Å². The molecule has 0 bridgehead atoms. The molecule has 144 valence electrons. The molecule has 2 aromatic heterocycles. The van der Waals surface area contributed by atoms with E-state index in [1.807, 2.05) is 26.0 Å². The Bertz CT molecular complexity index is 971. The quantitative estimate of drug-likeness (QED) is 0.640. The van der Waals surface area contributed by atoms with E-state index in [0.29, 0.717) is 16.3 Å². The summed E-state index contributed by atoms with van der Waals surface area (Å²) in [5.41, 5.74) is 2.69. The Morgan fingerprint density at radius 3 is 2.75 bits per heavy atom. The van der Waals surface area contributed by atoms with Crippen LogP contribution in [0.25, 0.3) is 0 Å². The lowest BCUT2D eigenvalue weighted by atomic mass is 10.2. The molecule has 3 aromatic rings. The first-order valence-electron chi connectivity index (χ1n) is 8.80. The molecule has 0 atom stereocenters. The average molecular weight is 395 g/mol. The van der Waals surface area contributed by atoms with Crippen molar-refractivity contribution in [1.82, 2.24) is 15.6 Å². The zero-order valence-electron chi connectivity index (χ0n) is 15.7. The van der Waals surface area contributed by atoms with Crippen molar-refractivity contribution < 1.29 is 14.0 Å². The highest BCUT2D eigenvalue weighted by Gasteiger charge is 2.15. The molecule has 28 heavy (non-hydrogen) atoms. The molecule has 7 heteroatoms. The summed E-state index contributed by atoms with van der Waals surface area (Å²) < 4.78 is 5.16. The Kier molecular flexibility index (Phi) is 6.49. The number of hydrogen-bond donors (Lipinski definition) is 2. The molecule has 2 heterocycles. The molecule has 0 saturated heterocycles. The van der Waals surface area contributed by atoms with Gasteiger partial charge in [-0.2, -0.15) is 0 Å². The Hall–Kier alpha value is -3.06. The van der Waals surface area contributed by atoms with E-state index < -0.39 is 0 Å². The molecule has 0 radical (unpaired) electrons. The summed E-state index contributed by atoms with van der Waals surface area (Å²) in [7, 11) is 0. The topological polar surface area (TPSA) is 84.2 Å². The fourth-order valence-electron chi connectivity index (χ4n) is 2.48. The second-order valence-electron chi connectivity index (χ2n) is 6.27. The van der Waals surface area contributed by atoms with Crippen LogP contribution in [0.3, 0.4) is 0 Å². The number of hydrogen-bond acceptors (Lipinski definition) is 5. The summed E-state index contributed by atoms with van der Waals surface area (Å²) in [6.07, 6.45) is 3.20. The van der Waals surface area contributed by atoms with Gasteiger partial charge in [-0.05, 0) is 55.3 Å². The maximum atomic E-state index is 12.6. The number of aromatic nitrogens is 1. The number of carbonyl (C=O) groups is 2. The molecule has 2 amide bonds. The Morgan fingerprint density at radius 2 is 1.96 bits per heavy atom. The number of carbonyl (C=O) groups excluding carboxylic acids is 2. The molecule has 0 aliphatic carbocycles. The van der Waals surface area contributed by atoms with Crippen LogP contribution in [0, 0.1) is 13.8 Å². The van der Waals surface area contributed by atoms with Crippen LogP contribution in [0.5, 0.6) is 0 Å². The number of furan rings is 1. The van der Waals surface area contributed by atoms with Gasteiger partial charge in [0.25, 0.3) is 5.91 Å². The van der Waals surface area contributed by atoms with E-state index in [2.05, 4.69) is 21.7 Å². The number of nitrogens with one attached hydrogen (secondary N) is 2. The molecule has 0 aliphatic rings. The molecular formula is C21H21N3O3S. The van der Waals surface area contributed by atoms with Crippen LogP contribution in [-0.4, -0.2) is 23.3 Å². The first kappa shape index (κ1) is 19.7. The lowest BCUT2D eigenvalue weighted by Crippen LogP contribution is -2.36. The lowest BCUT2D eigenvalue weighted by Gasteiger charge is -2.11. The van der Waals surface area contributed by atoms with Crippen molar-refractivity contribution in [3.63, 3.8) is 0 Å². The highest BCUT2D eigenvalue weighted by molar-refractivity contribution is 7.99. The van der Waals surface area contributed by atoms with Crippen LogP contribution < -0.4 is 10.6 Å². The predicted octanol–water partition coefficient (Wildman–Crippen LogP) is 3.49. The minimum absolute atomic E-state index is 0.123. The average Bonchev–Trinajstić information content (AvgIpc) is 3.21. The van der Waals surface area contributed by atoms with Gasteiger partial charge in [-0.1, -0.05) is 23.9 Å². The minimum Gasteiger partial charge on any atom is -0.467 e. The summed E-state index contributed by atoms with van der Waals surface area (Å²) in [4.78, 5) is 29.9. The normalized spacial score (nSPS) is 10.5.